The van der Waals surface area contributed by atoms with Crippen LogP contribution in [0.25, 0.3) is 16.5 Å². The molecule has 6 heterocycles. The Morgan fingerprint density at radius 3 is 2.35 bits per heavy atom. The lowest BCUT2D eigenvalue weighted by Gasteiger charge is -2.42. The van der Waals surface area contributed by atoms with Crippen LogP contribution in [0.4, 0.5) is 11.4 Å². The number of aromatic nitrogens is 4. The zero-order valence-electron chi connectivity index (χ0n) is 31.4. The Balaban J connectivity index is 0.821. The van der Waals surface area contributed by atoms with Crippen molar-refractivity contribution in [1.82, 2.24) is 34.9 Å². The van der Waals surface area contributed by atoms with Crippen LogP contribution >= 0.6 is 0 Å². The van der Waals surface area contributed by atoms with E-state index >= 15 is 0 Å². The molecular weight excluding hydrogens is 729 g/mol. The zero-order chi connectivity index (χ0) is 39.2. The molecule has 1 saturated carbocycles. The van der Waals surface area contributed by atoms with E-state index in [1.54, 1.807) is 30.6 Å². The standard InChI is InChI=1S/C41H44N10O6/c42-21-31(37-43-12-1-13-44-37)38(53)45-33-18-25-22-50(47-32(25)20-35(33)57-23-24-2-3-24)27-10-16-48(17-11-27)26-8-14-49(15-9-26)28-4-5-29-30(19-28)41(56)51(40(29)55)34-6-7-36(52)46-39(34)54/h1,4-5,12-13,18-22,24,26-27,34H,2-3,6-11,14-17,23,42H2,(H,45,53)(H,46,52,54)/b31-21+. The van der Waals surface area contributed by atoms with Crippen LogP contribution in [0.1, 0.15) is 83.9 Å². The number of carbonyl (C=O) groups excluding carboxylic acids is 5. The van der Waals surface area contributed by atoms with Crippen LogP contribution in [0, 0.1) is 5.92 Å². The van der Waals surface area contributed by atoms with Crippen molar-refractivity contribution in [3.8, 4) is 5.75 Å². The lowest BCUT2D eigenvalue weighted by molar-refractivity contribution is -0.136. The van der Waals surface area contributed by atoms with Crippen molar-refractivity contribution in [3.05, 3.63) is 78.1 Å². The average Bonchev–Trinajstić information content (AvgIpc) is 3.92. The molecule has 1 aliphatic carbocycles. The average molecular weight is 773 g/mol. The van der Waals surface area contributed by atoms with Gasteiger partial charge in [0.1, 0.15) is 11.8 Å². The first-order chi connectivity index (χ1) is 27.7. The molecule has 2 aromatic carbocycles. The van der Waals surface area contributed by atoms with E-state index < -0.39 is 35.6 Å². The third-order valence-electron chi connectivity index (χ3n) is 11.9. The summed E-state index contributed by atoms with van der Waals surface area (Å²) in [6.45, 7) is 4.11. The number of piperidine rings is 3. The number of anilines is 2. The molecule has 2 aromatic heterocycles. The summed E-state index contributed by atoms with van der Waals surface area (Å²) >= 11 is 0. The topological polar surface area (TPSA) is 198 Å². The molecule has 0 bridgehead atoms. The second kappa shape index (κ2) is 15.1. The smallest absolute Gasteiger partial charge is 0.262 e. The molecule has 1 unspecified atom stereocenters. The number of likely N-dealkylation sites (tertiary alicyclic amines) is 1. The highest BCUT2D eigenvalue weighted by Crippen LogP contribution is 2.37. The summed E-state index contributed by atoms with van der Waals surface area (Å²) in [7, 11) is 0. The van der Waals surface area contributed by atoms with E-state index in [2.05, 4.69) is 35.1 Å². The lowest BCUT2D eigenvalue weighted by atomic mass is 9.97. The monoisotopic (exact) mass is 772 g/mol. The summed E-state index contributed by atoms with van der Waals surface area (Å²) in [6.07, 6.45) is 12.7. The molecule has 4 N–H and O–H groups in total. The van der Waals surface area contributed by atoms with Crippen molar-refractivity contribution in [2.45, 2.75) is 69.5 Å². The number of amides is 5. The van der Waals surface area contributed by atoms with Crippen molar-refractivity contribution >= 4 is 57.4 Å². The van der Waals surface area contributed by atoms with Gasteiger partial charge >= 0.3 is 0 Å². The minimum absolute atomic E-state index is 0.0873. The van der Waals surface area contributed by atoms with Crippen molar-refractivity contribution in [1.29, 1.82) is 0 Å². The molecule has 16 heteroatoms. The van der Waals surface area contributed by atoms with Crippen molar-refractivity contribution in [2.24, 2.45) is 11.7 Å². The number of nitrogens with zero attached hydrogens (tertiary/aromatic N) is 7. The number of hydrogen-bond donors (Lipinski definition) is 3. The highest BCUT2D eigenvalue weighted by molar-refractivity contribution is 6.25. The Bertz CT molecular complexity index is 2290. The maximum atomic E-state index is 13.4. The summed E-state index contributed by atoms with van der Waals surface area (Å²) in [5.74, 6) is -1.10. The Kier molecular flexibility index (Phi) is 9.64. The fourth-order valence-electron chi connectivity index (χ4n) is 8.51. The number of benzene rings is 2. The van der Waals surface area contributed by atoms with Crippen LogP contribution in [0.2, 0.25) is 0 Å². The van der Waals surface area contributed by atoms with Crippen LogP contribution in [0.3, 0.4) is 0 Å². The van der Waals surface area contributed by atoms with E-state index in [9.17, 15) is 24.0 Å². The van der Waals surface area contributed by atoms with Gasteiger partial charge in [-0.3, -0.25) is 38.9 Å². The van der Waals surface area contributed by atoms with Gasteiger partial charge in [-0.25, -0.2) is 9.97 Å². The summed E-state index contributed by atoms with van der Waals surface area (Å²) < 4.78 is 8.27. The van der Waals surface area contributed by atoms with Gasteiger partial charge < -0.3 is 25.6 Å². The van der Waals surface area contributed by atoms with E-state index in [4.69, 9.17) is 15.6 Å². The Hall–Kier alpha value is -6.16. The molecule has 4 aromatic rings. The number of ether oxygens (including phenoxy) is 1. The van der Waals surface area contributed by atoms with Crippen molar-refractivity contribution in [2.75, 3.05) is 43.0 Å². The fraction of sp³-hybridized carbons (Fsp3) is 0.415. The fourth-order valence-corrected chi connectivity index (χ4v) is 8.51. The molecule has 9 rings (SSSR count). The maximum Gasteiger partial charge on any atom is 0.262 e. The first-order valence-corrected chi connectivity index (χ1v) is 19.7. The molecular formula is C41H44N10O6. The number of nitrogens with one attached hydrogen (secondary N) is 2. The van der Waals surface area contributed by atoms with Crippen LogP contribution in [-0.4, -0.2) is 104 Å². The largest absolute Gasteiger partial charge is 0.491 e. The molecule has 3 saturated heterocycles. The quantitative estimate of drug-likeness (QED) is 0.157. The second-order valence-corrected chi connectivity index (χ2v) is 15.5. The van der Waals surface area contributed by atoms with Gasteiger partial charge in [-0.15, -0.1) is 0 Å². The van der Waals surface area contributed by atoms with Gasteiger partial charge in [-0.2, -0.15) is 5.10 Å². The maximum absolute atomic E-state index is 13.4. The first-order valence-electron chi connectivity index (χ1n) is 19.7. The summed E-state index contributed by atoms with van der Waals surface area (Å²) in [5.41, 5.74) is 8.81. The van der Waals surface area contributed by atoms with Crippen molar-refractivity contribution in [3.63, 3.8) is 0 Å². The number of rotatable bonds is 10. The number of nitrogens with two attached hydrogens (primary N) is 1. The molecule has 1 atom stereocenters. The number of imide groups is 2. The molecule has 16 nitrogen and oxygen atoms in total. The van der Waals surface area contributed by atoms with Gasteiger partial charge in [0.15, 0.2) is 5.82 Å². The molecule has 0 spiro atoms. The molecule has 4 aliphatic heterocycles. The highest BCUT2D eigenvalue weighted by atomic mass is 16.5. The number of carbonyl (C=O) groups is 5. The summed E-state index contributed by atoms with van der Waals surface area (Å²) in [5, 5.41) is 11.1. The van der Waals surface area contributed by atoms with Crippen LogP contribution in [0.15, 0.2) is 61.2 Å². The van der Waals surface area contributed by atoms with E-state index in [1.165, 1.54) is 6.20 Å². The van der Waals surface area contributed by atoms with E-state index in [1.807, 2.05) is 24.4 Å². The van der Waals surface area contributed by atoms with E-state index in [0.717, 1.165) is 86.2 Å². The minimum Gasteiger partial charge on any atom is -0.491 e. The van der Waals surface area contributed by atoms with Gasteiger partial charge in [-0.1, -0.05) is 0 Å². The SMILES string of the molecule is N/C=C(/C(=O)Nc1cc2cn(C3CCN(C4CCN(c5ccc6c(c5)C(=O)N(C5CCC(=O)NC5=O)C6=O)CC4)CC3)nc2cc1OCC1CC1)c1ncccn1. The zero-order valence-corrected chi connectivity index (χ0v) is 31.4. The third kappa shape index (κ3) is 7.20. The predicted molar refractivity (Wildman–Crippen MR) is 209 cm³/mol. The van der Waals surface area contributed by atoms with E-state index in [-0.39, 0.29) is 30.3 Å². The molecule has 0 radical (unpaired) electrons. The molecule has 5 amide bonds. The highest BCUT2D eigenvalue weighted by Gasteiger charge is 2.45. The predicted octanol–water partition coefficient (Wildman–Crippen LogP) is 3.26. The molecule has 5 aliphatic rings. The Morgan fingerprint density at radius 1 is 0.895 bits per heavy atom. The number of fused-ring (bicyclic) bond motifs is 2. The van der Waals surface area contributed by atoms with Gasteiger partial charge in [-0.05, 0) is 81.2 Å². The van der Waals surface area contributed by atoms with E-state index in [0.29, 0.717) is 41.1 Å². The molecule has 57 heavy (non-hydrogen) atoms. The van der Waals surface area contributed by atoms with Crippen molar-refractivity contribution < 1.29 is 28.7 Å². The molecule has 4 fully saturated rings. The normalized spacial score (nSPS) is 21.3. The van der Waals surface area contributed by atoms with Gasteiger partial charge in [0.25, 0.3) is 17.7 Å². The minimum atomic E-state index is -0.980. The Morgan fingerprint density at radius 2 is 1.63 bits per heavy atom. The lowest BCUT2D eigenvalue weighted by Crippen LogP contribution is -2.54. The number of hydrogen-bond acceptors (Lipinski definition) is 12. The third-order valence-corrected chi connectivity index (χ3v) is 11.9. The summed E-state index contributed by atoms with van der Waals surface area (Å²) in [4.78, 5) is 78.2. The first kappa shape index (κ1) is 36.5. The van der Waals surface area contributed by atoms with Gasteiger partial charge in [0.2, 0.25) is 11.8 Å². The van der Waals surface area contributed by atoms with Crippen LogP contribution < -0.4 is 26.0 Å². The molecule has 294 valence electrons. The van der Waals surface area contributed by atoms with Crippen LogP contribution in [0.5, 0.6) is 5.75 Å². The second-order valence-electron chi connectivity index (χ2n) is 15.5. The van der Waals surface area contributed by atoms with Crippen LogP contribution in [-0.2, 0) is 14.4 Å². The van der Waals surface area contributed by atoms with Gasteiger partial charge in [0.05, 0.1) is 40.6 Å². The Labute approximate surface area is 328 Å². The van der Waals surface area contributed by atoms with Gasteiger partial charge in [0, 0.05) is 80.6 Å². The summed E-state index contributed by atoms with van der Waals surface area (Å²) in [6, 6.07) is 10.5.